The molecule has 0 bridgehead atoms. The number of nitrogens with zero attached hydrogens (tertiary/aromatic N) is 3. The van der Waals surface area contributed by atoms with Gasteiger partial charge in [-0.2, -0.15) is 5.10 Å². The van der Waals surface area contributed by atoms with E-state index in [9.17, 15) is 4.79 Å². The highest BCUT2D eigenvalue weighted by Gasteiger charge is 2.17. The van der Waals surface area contributed by atoms with Gasteiger partial charge in [-0.1, -0.05) is 60.7 Å². The summed E-state index contributed by atoms with van der Waals surface area (Å²) in [6, 6.07) is 26.2. The largest absolute Gasteiger partial charge is 0.331 e. The average Bonchev–Trinajstić information content (AvgIpc) is 3.48. The van der Waals surface area contributed by atoms with Gasteiger partial charge in [0.05, 0.1) is 16.8 Å². The first-order valence-corrected chi connectivity index (χ1v) is 10.6. The molecule has 1 amide bonds. The maximum atomic E-state index is 13.1. The Morgan fingerprint density at radius 3 is 2.33 bits per heavy atom. The quantitative estimate of drug-likeness (QED) is 0.414. The van der Waals surface area contributed by atoms with Gasteiger partial charge in [-0.15, -0.1) is 11.3 Å². The van der Waals surface area contributed by atoms with Gasteiger partial charge in [0.15, 0.2) is 5.82 Å². The summed E-state index contributed by atoms with van der Waals surface area (Å²) >= 11 is 1.64. The van der Waals surface area contributed by atoms with Gasteiger partial charge in [-0.05, 0) is 28.6 Å². The highest BCUT2D eigenvalue weighted by Crippen LogP contribution is 2.27. The number of fused-ring (bicyclic) bond motifs is 1. The third-order valence-electron chi connectivity index (χ3n) is 5.01. The van der Waals surface area contributed by atoms with Gasteiger partial charge in [0.25, 0.3) is 5.91 Å². The van der Waals surface area contributed by atoms with Crippen LogP contribution in [0.25, 0.3) is 10.2 Å². The van der Waals surface area contributed by atoms with Crippen LogP contribution in [0.1, 0.15) is 21.6 Å². The first-order valence-electron chi connectivity index (χ1n) is 9.76. The lowest BCUT2D eigenvalue weighted by molar-refractivity contribution is 0.101. The van der Waals surface area contributed by atoms with Crippen LogP contribution in [0.5, 0.6) is 0 Å². The molecule has 0 unspecified atom stereocenters. The number of carbonyl (C=O) groups is 1. The third kappa shape index (κ3) is 3.77. The van der Waals surface area contributed by atoms with Gasteiger partial charge in [0, 0.05) is 18.8 Å². The number of hydrogen-bond acceptors (Lipinski definition) is 3. The summed E-state index contributed by atoms with van der Waals surface area (Å²) in [7, 11) is 0. The summed E-state index contributed by atoms with van der Waals surface area (Å²) in [6.45, 7) is 1.31. The van der Waals surface area contributed by atoms with Crippen molar-refractivity contribution in [1.29, 1.82) is 0 Å². The van der Waals surface area contributed by atoms with E-state index in [1.807, 2.05) is 59.4 Å². The van der Waals surface area contributed by atoms with E-state index in [1.165, 1.54) is 0 Å². The Morgan fingerprint density at radius 2 is 1.60 bits per heavy atom. The Bertz CT molecular complexity index is 1280. The Hall–Kier alpha value is -3.64. The minimum Gasteiger partial charge on any atom is -0.331 e. The number of anilines is 1. The summed E-state index contributed by atoms with van der Waals surface area (Å²) in [5.41, 5.74) is 4.03. The van der Waals surface area contributed by atoms with E-state index in [0.717, 1.165) is 21.3 Å². The standard InChI is InChI=1S/C24H20N4OS/c29-24(25-23-11-13-27(26-23)16-18-7-3-1-4-8-18)21-15-22-20(12-14-30-22)28(21)17-19-9-5-2-6-10-19/h1-15H,16-17H2,(H,25,26,29). The molecule has 3 heterocycles. The predicted octanol–water partition coefficient (Wildman–Crippen LogP) is 5.25. The molecule has 0 fully saturated rings. The Balaban J connectivity index is 1.38. The molecule has 5 nitrogen and oxygen atoms in total. The van der Waals surface area contributed by atoms with E-state index in [0.29, 0.717) is 24.6 Å². The molecule has 148 valence electrons. The van der Waals surface area contributed by atoms with Crippen LogP contribution in [0.2, 0.25) is 0 Å². The van der Waals surface area contributed by atoms with E-state index in [2.05, 4.69) is 50.7 Å². The second kappa shape index (κ2) is 8.00. The molecule has 0 radical (unpaired) electrons. The van der Waals surface area contributed by atoms with Crippen molar-refractivity contribution in [3.63, 3.8) is 0 Å². The van der Waals surface area contributed by atoms with Crippen LogP contribution in [-0.4, -0.2) is 20.3 Å². The predicted molar refractivity (Wildman–Crippen MR) is 121 cm³/mol. The molecular weight excluding hydrogens is 392 g/mol. The van der Waals surface area contributed by atoms with Crippen LogP contribution in [0, 0.1) is 0 Å². The fourth-order valence-corrected chi connectivity index (χ4v) is 4.39. The van der Waals surface area contributed by atoms with Crippen molar-refractivity contribution in [2.45, 2.75) is 13.1 Å². The number of hydrogen-bond donors (Lipinski definition) is 1. The molecule has 1 N–H and O–H groups in total. The maximum absolute atomic E-state index is 13.1. The second-order valence-corrected chi connectivity index (χ2v) is 8.06. The molecule has 5 rings (SSSR count). The van der Waals surface area contributed by atoms with Gasteiger partial charge in [0.1, 0.15) is 5.69 Å². The third-order valence-corrected chi connectivity index (χ3v) is 5.86. The van der Waals surface area contributed by atoms with E-state index in [4.69, 9.17) is 0 Å². The van der Waals surface area contributed by atoms with Gasteiger partial charge in [-0.3, -0.25) is 9.48 Å². The highest BCUT2D eigenvalue weighted by atomic mass is 32.1. The minimum atomic E-state index is -0.153. The summed E-state index contributed by atoms with van der Waals surface area (Å²) < 4.78 is 5.00. The van der Waals surface area contributed by atoms with Crippen molar-refractivity contribution in [3.8, 4) is 0 Å². The molecule has 0 spiro atoms. The monoisotopic (exact) mass is 412 g/mol. The highest BCUT2D eigenvalue weighted by molar-refractivity contribution is 7.17. The van der Waals surface area contributed by atoms with Crippen LogP contribution in [-0.2, 0) is 13.1 Å². The normalized spacial score (nSPS) is 11.1. The lowest BCUT2D eigenvalue weighted by atomic mass is 10.2. The van der Waals surface area contributed by atoms with Gasteiger partial charge < -0.3 is 9.88 Å². The molecule has 2 aromatic carbocycles. The smallest absolute Gasteiger partial charge is 0.273 e. The van der Waals surface area contributed by atoms with Crippen LogP contribution in [0.15, 0.2) is 90.4 Å². The fourth-order valence-electron chi connectivity index (χ4n) is 3.57. The number of benzene rings is 2. The van der Waals surface area contributed by atoms with Gasteiger partial charge >= 0.3 is 0 Å². The summed E-state index contributed by atoms with van der Waals surface area (Å²) in [5.74, 6) is 0.394. The van der Waals surface area contributed by atoms with Crippen molar-refractivity contribution in [3.05, 3.63) is 107 Å². The van der Waals surface area contributed by atoms with Crippen molar-refractivity contribution in [2.75, 3.05) is 5.32 Å². The molecule has 0 aliphatic carbocycles. The minimum absolute atomic E-state index is 0.153. The fraction of sp³-hybridized carbons (Fsp3) is 0.0833. The number of amides is 1. The van der Waals surface area contributed by atoms with E-state index >= 15 is 0 Å². The molecule has 30 heavy (non-hydrogen) atoms. The zero-order chi connectivity index (χ0) is 20.3. The maximum Gasteiger partial charge on any atom is 0.273 e. The zero-order valence-electron chi connectivity index (χ0n) is 16.2. The van der Waals surface area contributed by atoms with Crippen LogP contribution >= 0.6 is 11.3 Å². The second-order valence-electron chi connectivity index (χ2n) is 7.11. The molecule has 0 aliphatic heterocycles. The van der Waals surface area contributed by atoms with Crippen LogP contribution in [0.3, 0.4) is 0 Å². The molecule has 0 atom stereocenters. The van der Waals surface area contributed by atoms with E-state index in [-0.39, 0.29) is 5.91 Å². The molecular formula is C24H20N4OS. The Labute approximate surface area is 178 Å². The van der Waals surface area contributed by atoms with Crippen molar-refractivity contribution in [1.82, 2.24) is 14.3 Å². The number of thiophene rings is 1. The van der Waals surface area contributed by atoms with Crippen molar-refractivity contribution < 1.29 is 4.79 Å². The average molecular weight is 413 g/mol. The zero-order valence-corrected chi connectivity index (χ0v) is 17.0. The molecule has 0 saturated heterocycles. The van der Waals surface area contributed by atoms with Crippen molar-refractivity contribution in [2.24, 2.45) is 0 Å². The van der Waals surface area contributed by atoms with E-state index in [1.54, 1.807) is 11.3 Å². The molecule has 0 aliphatic rings. The molecule has 0 saturated carbocycles. The first kappa shape index (κ1) is 18.4. The molecule has 5 aromatic rings. The molecule has 6 heteroatoms. The number of nitrogens with one attached hydrogen (secondary N) is 1. The van der Waals surface area contributed by atoms with Crippen LogP contribution in [0.4, 0.5) is 5.82 Å². The lowest BCUT2D eigenvalue weighted by Gasteiger charge is -2.10. The Morgan fingerprint density at radius 1 is 0.900 bits per heavy atom. The number of aromatic nitrogens is 3. The van der Waals surface area contributed by atoms with Gasteiger partial charge in [-0.25, -0.2) is 0 Å². The Kier molecular flexibility index (Phi) is 4.91. The summed E-state index contributed by atoms with van der Waals surface area (Å²) in [5, 5.41) is 9.51. The molecule has 3 aromatic heterocycles. The summed E-state index contributed by atoms with van der Waals surface area (Å²) in [4.78, 5) is 13.1. The van der Waals surface area contributed by atoms with Crippen LogP contribution < -0.4 is 5.32 Å². The first-order chi connectivity index (χ1) is 14.8. The van der Waals surface area contributed by atoms with E-state index < -0.39 is 0 Å². The van der Waals surface area contributed by atoms with Gasteiger partial charge in [0.2, 0.25) is 0 Å². The number of carbonyl (C=O) groups excluding carboxylic acids is 1. The SMILES string of the molecule is O=C(Nc1ccn(Cc2ccccc2)n1)c1cc2sccc2n1Cc1ccccc1. The summed E-state index contributed by atoms with van der Waals surface area (Å²) in [6.07, 6.45) is 1.88. The number of rotatable bonds is 6. The van der Waals surface area contributed by atoms with Crippen molar-refractivity contribution >= 4 is 33.3 Å². The topological polar surface area (TPSA) is 51.9 Å². The lowest BCUT2D eigenvalue weighted by Crippen LogP contribution is -2.18.